The number of esters is 2. The zero-order chi connectivity index (χ0) is 32.5. The average Bonchev–Trinajstić information content (AvgIpc) is 3.00. The van der Waals surface area contributed by atoms with E-state index in [1.54, 1.807) is 31.2 Å². The number of hydrogen-bond acceptors (Lipinski definition) is 7. The summed E-state index contributed by atoms with van der Waals surface area (Å²) in [4.78, 5) is 24.5. The maximum absolute atomic E-state index is 15.7. The first kappa shape index (κ1) is 32.7. The summed E-state index contributed by atoms with van der Waals surface area (Å²) < 4.78 is 95.9. The molecule has 240 valence electrons. The minimum absolute atomic E-state index is 0.241. The van der Waals surface area contributed by atoms with Gasteiger partial charge in [-0.25, -0.2) is 12.8 Å². The summed E-state index contributed by atoms with van der Waals surface area (Å²) in [7, 11) is -4.73. The van der Waals surface area contributed by atoms with Gasteiger partial charge in [-0.2, -0.15) is 13.2 Å². The Bertz CT molecular complexity index is 1710. The van der Waals surface area contributed by atoms with E-state index in [0.717, 1.165) is 28.6 Å². The molecule has 2 heterocycles. The SMILES string of the molecule is C[C@@H](CC(=O)OC(=O)C1CCNCC1)C1CN(S(=O)(=O)c2cccc(C(F)(F)F)c2)c2cc(-c3cccc(Cl)c3)cc(F)c2O1. The van der Waals surface area contributed by atoms with Gasteiger partial charge in [0.2, 0.25) is 0 Å². The number of halogens is 5. The first-order valence-corrected chi connectivity index (χ1v) is 16.0. The standard InChI is InChI=1S/C31H29ClF4N2O6S/c1-18(12-28(39)44-30(40)19-8-10-37-11-9-19)27-17-38(45(41,42)24-7-3-5-22(16-24)31(34,35)36)26-15-21(14-25(33)29(26)43-27)20-4-2-6-23(32)13-20/h2-7,13-16,18-19,27,37H,8-12,17H2,1H3/t18-,27?/m0/s1. The second-order valence-corrected chi connectivity index (χ2v) is 13.3. The molecule has 1 fully saturated rings. The average molecular weight is 669 g/mol. The van der Waals surface area contributed by atoms with Crippen molar-refractivity contribution >= 4 is 39.3 Å². The van der Waals surface area contributed by atoms with Crippen LogP contribution in [-0.4, -0.2) is 46.1 Å². The van der Waals surface area contributed by atoms with Crippen LogP contribution in [0.2, 0.25) is 5.02 Å². The third-order valence-electron chi connectivity index (χ3n) is 7.83. The van der Waals surface area contributed by atoms with Crippen LogP contribution in [0.15, 0.2) is 65.6 Å². The lowest BCUT2D eigenvalue weighted by atomic mass is 9.97. The van der Waals surface area contributed by atoms with Crippen LogP contribution in [0, 0.1) is 17.7 Å². The molecule has 3 aromatic carbocycles. The summed E-state index contributed by atoms with van der Waals surface area (Å²) in [5.41, 5.74) is -0.721. The van der Waals surface area contributed by atoms with Crippen molar-refractivity contribution in [2.75, 3.05) is 23.9 Å². The number of anilines is 1. The van der Waals surface area contributed by atoms with Crippen LogP contribution in [-0.2, 0) is 30.5 Å². The van der Waals surface area contributed by atoms with Crippen LogP contribution >= 0.6 is 11.6 Å². The van der Waals surface area contributed by atoms with Crippen molar-refractivity contribution in [1.82, 2.24) is 5.32 Å². The minimum Gasteiger partial charge on any atom is -0.483 e. The highest BCUT2D eigenvalue weighted by Crippen LogP contribution is 2.44. The fraction of sp³-hybridized carbons (Fsp3) is 0.355. The molecule has 3 aromatic rings. The van der Waals surface area contributed by atoms with Crippen LogP contribution < -0.4 is 14.4 Å². The van der Waals surface area contributed by atoms with Crippen LogP contribution in [0.1, 0.15) is 31.7 Å². The number of rotatable bonds is 7. The van der Waals surface area contributed by atoms with Crippen molar-refractivity contribution in [3.63, 3.8) is 0 Å². The van der Waals surface area contributed by atoms with E-state index >= 15 is 4.39 Å². The molecule has 14 heteroatoms. The molecule has 0 aromatic heterocycles. The van der Waals surface area contributed by atoms with Gasteiger partial charge < -0.3 is 14.8 Å². The molecular weight excluding hydrogens is 640 g/mol. The predicted molar refractivity (Wildman–Crippen MR) is 158 cm³/mol. The van der Waals surface area contributed by atoms with Crippen molar-refractivity contribution in [3.8, 4) is 16.9 Å². The molecular formula is C31H29ClF4N2O6S. The number of nitrogens with zero attached hydrogens (tertiary/aromatic N) is 1. The van der Waals surface area contributed by atoms with E-state index in [0.29, 0.717) is 42.6 Å². The number of alkyl halides is 3. The summed E-state index contributed by atoms with van der Waals surface area (Å²) in [6, 6.07) is 12.1. The smallest absolute Gasteiger partial charge is 0.416 e. The molecule has 2 aliphatic heterocycles. The molecule has 1 unspecified atom stereocenters. The predicted octanol–water partition coefficient (Wildman–Crippen LogP) is 6.22. The van der Waals surface area contributed by atoms with Gasteiger partial charge in [0.25, 0.3) is 10.0 Å². The highest BCUT2D eigenvalue weighted by Gasteiger charge is 2.40. The molecule has 0 amide bonds. The van der Waals surface area contributed by atoms with E-state index in [1.165, 1.54) is 6.07 Å². The van der Waals surface area contributed by atoms with Gasteiger partial charge in [-0.1, -0.05) is 36.7 Å². The Hall–Kier alpha value is -3.68. The van der Waals surface area contributed by atoms with E-state index in [2.05, 4.69) is 5.32 Å². The number of carbonyl (C=O) groups excluding carboxylic acids is 2. The molecule has 2 atom stereocenters. The Morgan fingerprint density at radius 3 is 2.47 bits per heavy atom. The summed E-state index contributed by atoms with van der Waals surface area (Å²) in [6.45, 7) is 2.29. The molecule has 8 nitrogen and oxygen atoms in total. The third kappa shape index (κ3) is 7.26. The number of piperidine rings is 1. The number of carbonyl (C=O) groups is 2. The van der Waals surface area contributed by atoms with Crippen molar-refractivity contribution < 1.29 is 45.0 Å². The molecule has 0 aliphatic carbocycles. The van der Waals surface area contributed by atoms with Crippen molar-refractivity contribution in [3.05, 3.63) is 77.1 Å². The molecule has 0 spiro atoms. The number of ether oxygens (including phenoxy) is 2. The van der Waals surface area contributed by atoms with E-state index < -0.39 is 74.6 Å². The molecule has 45 heavy (non-hydrogen) atoms. The molecule has 2 aliphatic rings. The molecule has 0 saturated carbocycles. The Kier molecular flexibility index (Phi) is 9.43. The van der Waals surface area contributed by atoms with Gasteiger partial charge in [0, 0.05) is 10.9 Å². The fourth-order valence-corrected chi connectivity index (χ4v) is 7.05. The number of sulfonamides is 1. The Balaban J connectivity index is 1.49. The van der Waals surface area contributed by atoms with E-state index in [-0.39, 0.29) is 17.7 Å². The van der Waals surface area contributed by atoms with E-state index in [4.69, 9.17) is 21.1 Å². The number of hydrogen-bond donors (Lipinski definition) is 1. The maximum atomic E-state index is 15.7. The highest BCUT2D eigenvalue weighted by atomic mass is 35.5. The lowest BCUT2D eigenvalue weighted by molar-refractivity contribution is -0.164. The molecule has 1 N–H and O–H groups in total. The van der Waals surface area contributed by atoms with Crippen LogP contribution in [0.3, 0.4) is 0 Å². The first-order chi connectivity index (χ1) is 21.2. The molecule has 5 rings (SSSR count). The quantitative estimate of drug-likeness (QED) is 0.181. The fourth-order valence-electron chi connectivity index (χ4n) is 5.34. The van der Waals surface area contributed by atoms with Gasteiger partial charge in [-0.15, -0.1) is 0 Å². The zero-order valence-corrected chi connectivity index (χ0v) is 25.5. The Labute approximate surface area is 262 Å². The minimum atomic E-state index is -4.82. The summed E-state index contributed by atoms with van der Waals surface area (Å²) in [6.07, 6.45) is -5.28. The third-order valence-corrected chi connectivity index (χ3v) is 9.84. The van der Waals surface area contributed by atoms with Crippen molar-refractivity contribution in [2.45, 2.75) is 43.4 Å². The zero-order valence-electron chi connectivity index (χ0n) is 23.9. The largest absolute Gasteiger partial charge is 0.483 e. The van der Waals surface area contributed by atoms with Crippen molar-refractivity contribution in [1.29, 1.82) is 0 Å². The van der Waals surface area contributed by atoms with Crippen LogP contribution in [0.4, 0.5) is 23.2 Å². The van der Waals surface area contributed by atoms with Gasteiger partial charge in [-0.3, -0.25) is 13.9 Å². The number of fused-ring (bicyclic) bond motifs is 1. The second kappa shape index (κ2) is 13.0. The summed E-state index contributed by atoms with van der Waals surface area (Å²) >= 11 is 6.10. The van der Waals surface area contributed by atoms with E-state index in [1.807, 2.05) is 0 Å². The molecule has 0 bridgehead atoms. The number of benzene rings is 3. The summed E-state index contributed by atoms with van der Waals surface area (Å²) in [5, 5.41) is 3.45. The van der Waals surface area contributed by atoms with Gasteiger partial charge in [0.05, 0.1) is 35.0 Å². The van der Waals surface area contributed by atoms with Gasteiger partial charge >= 0.3 is 18.1 Å². The topological polar surface area (TPSA) is 102 Å². The second-order valence-electron chi connectivity index (χ2n) is 11.0. The van der Waals surface area contributed by atoms with Crippen molar-refractivity contribution in [2.24, 2.45) is 11.8 Å². The van der Waals surface area contributed by atoms with E-state index in [9.17, 15) is 31.2 Å². The lowest BCUT2D eigenvalue weighted by Gasteiger charge is -2.38. The Morgan fingerprint density at radius 1 is 1.07 bits per heavy atom. The first-order valence-electron chi connectivity index (χ1n) is 14.2. The normalized spacial score (nSPS) is 18.1. The highest BCUT2D eigenvalue weighted by molar-refractivity contribution is 7.92. The lowest BCUT2D eigenvalue weighted by Crippen LogP contribution is -2.47. The molecule has 1 saturated heterocycles. The van der Waals surface area contributed by atoms with Gasteiger partial charge in [0.1, 0.15) is 6.10 Å². The number of nitrogens with one attached hydrogen (secondary N) is 1. The van der Waals surface area contributed by atoms with Crippen LogP contribution in [0.25, 0.3) is 11.1 Å². The monoisotopic (exact) mass is 668 g/mol. The Morgan fingerprint density at radius 2 is 1.78 bits per heavy atom. The van der Waals surface area contributed by atoms with Crippen LogP contribution in [0.5, 0.6) is 5.75 Å². The maximum Gasteiger partial charge on any atom is 0.416 e. The molecule has 0 radical (unpaired) electrons. The van der Waals surface area contributed by atoms with Gasteiger partial charge in [-0.05, 0) is 79.5 Å². The van der Waals surface area contributed by atoms with Gasteiger partial charge in [0.15, 0.2) is 11.6 Å². The summed E-state index contributed by atoms with van der Waals surface area (Å²) in [5.74, 6) is -4.14.